The van der Waals surface area contributed by atoms with Crippen LogP contribution in [0.25, 0.3) is 0 Å². The number of ether oxygens (including phenoxy) is 2. The first-order chi connectivity index (χ1) is 7.76. The Balaban J connectivity index is 2.41. The first-order valence-electron chi connectivity index (χ1n) is 5.58. The van der Waals surface area contributed by atoms with Gasteiger partial charge in [0.05, 0.1) is 12.8 Å². The smallest absolute Gasteiger partial charge is 0.137 e. The van der Waals surface area contributed by atoms with Crippen LogP contribution in [-0.2, 0) is 11.2 Å². The normalized spacial score (nSPS) is 12.4. The van der Waals surface area contributed by atoms with Gasteiger partial charge >= 0.3 is 0 Å². The Kier molecular flexibility index (Phi) is 5.82. The summed E-state index contributed by atoms with van der Waals surface area (Å²) in [4.78, 5) is 4.30. The molecule has 0 fully saturated rings. The van der Waals surface area contributed by atoms with Crippen molar-refractivity contribution in [1.82, 2.24) is 4.98 Å². The molecule has 0 aliphatic rings. The molecule has 16 heavy (non-hydrogen) atoms. The van der Waals surface area contributed by atoms with Crippen LogP contribution >= 0.6 is 0 Å². The lowest BCUT2D eigenvalue weighted by Crippen LogP contribution is -2.21. The fourth-order valence-corrected chi connectivity index (χ4v) is 1.27. The van der Waals surface area contributed by atoms with Crippen molar-refractivity contribution in [3.63, 3.8) is 0 Å². The summed E-state index contributed by atoms with van der Waals surface area (Å²) in [6.07, 6.45) is 3.51. The SMILES string of the molecule is CCC(N)Cc1ccc(OCCOC)cn1. The second-order valence-electron chi connectivity index (χ2n) is 3.70. The van der Waals surface area contributed by atoms with Gasteiger partial charge in [-0.2, -0.15) is 0 Å². The van der Waals surface area contributed by atoms with Crippen LogP contribution in [0.1, 0.15) is 19.0 Å². The first-order valence-corrected chi connectivity index (χ1v) is 5.58. The zero-order chi connectivity index (χ0) is 11.8. The summed E-state index contributed by atoms with van der Waals surface area (Å²) in [5.41, 5.74) is 6.86. The lowest BCUT2D eigenvalue weighted by Gasteiger charge is -2.09. The van der Waals surface area contributed by atoms with Gasteiger partial charge in [-0.15, -0.1) is 0 Å². The van der Waals surface area contributed by atoms with Gasteiger partial charge in [-0.25, -0.2) is 0 Å². The number of pyridine rings is 1. The standard InChI is InChI=1S/C12H20N2O2/c1-3-10(13)8-11-4-5-12(9-14-11)16-7-6-15-2/h4-5,9-10H,3,6-8,13H2,1-2H3. The fourth-order valence-electron chi connectivity index (χ4n) is 1.27. The monoisotopic (exact) mass is 224 g/mol. The molecule has 0 aliphatic carbocycles. The third-order valence-corrected chi connectivity index (χ3v) is 2.35. The fraction of sp³-hybridized carbons (Fsp3) is 0.583. The molecule has 0 amide bonds. The van der Waals surface area contributed by atoms with Crippen molar-refractivity contribution in [3.05, 3.63) is 24.0 Å². The number of methoxy groups -OCH3 is 1. The van der Waals surface area contributed by atoms with Gasteiger partial charge in [0.15, 0.2) is 0 Å². The van der Waals surface area contributed by atoms with Crippen molar-refractivity contribution < 1.29 is 9.47 Å². The minimum atomic E-state index is 0.188. The molecule has 1 aromatic rings. The highest BCUT2D eigenvalue weighted by Crippen LogP contribution is 2.10. The third-order valence-electron chi connectivity index (χ3n) is 2.35. The van der Waals surface area contributed by atoms with Crippen LogP contribution in [0.5, 0.6) is 5.75 Å². The molecule has 0 spiro atoms. The van der Waals surface area contributed by atoms with E-state index in [4.69, 9.17) is 15.2 Å². The molecule has 0 aliphatic heterocycles. The van der Waals surface area contributed by atoms with E-state index in [-0.39, 0.29) is 6.04 Å². The Morgan fingerprint density at radius 3 is 2.75 bits per heavy atom. The molecule has 1 atom stereocenters. The molecule has 0 radical (unpaired) electrons. The Bertz CT molecular complexity index is 288. The van der Waals surface area contributed by atoms with E-state index in [1.54, 1.807) is 13.3 Å². The van der Waals surface area contributed by atoms with E-state index < -0.39 is 0 Å². The van der Waals surface area contributed by atoms with Crippen molar-refractivity contribution in [2.75, 3.05) is 20.3 Å². The number of nitrogens with two attached hydrogens (primary N) is 1. The van der Waals surface area contributed by atoms with Crippen LogP contribution in [0.2, 0.25) is 0 Å². The van der Waals surface area contributed by atoms with Gasteiger partial charge in [0, 0.05) is 25.3 Å². The molecule has 0 saturated carbocycles. The molecule has 4 nitrogen and oxygen atoms in total. The van der Waals surface area contributed by atoms with Gasteiger partial charge in [-0.05, 0) is 18.6 Å². The topological polar surface area (TPSA) is 57.4 Å². The summed E-state index contributed by atoms with van der Waals surface area (Å²) in [6, 6.07) is 4.06. The van der Waals surface area contributed by atoms with E-state index >= 15 is 0 Å². The van der Waals surface area contributed by atoms with Crippen LogP contribution in [0.3, 0.4) is 0 Å². The molecule has 1 heterocycles. The molecule has 1 aromatic heterocycles. The molecule has 4 heteroatoms. The quantitative estimate of drug-likeness (QED) is 0.711. The summed E-state index contributed by atoms with van der Waals surface area (Å²) >= 11 is 0. The average Bonchev–Trinajstić information content (AvgIpc) is 2.31. The molecular weight excluding hydrogens is 204 g/mol. The lowest BCUT2D eigenvalue weighted by atomic mass is 10.1. The molecule has 0 aromatic carbocycles. The zero-order valence-corrected chi connectivity index (χ0v) is 9.98. The van der Waals surface area contributed by atoms with Crippen molar-refractivity contribution >= 4 is 0 Å². The summed E-state index contributed by atoms with van der Waals surface area (Å²) in [5, 5.41) is 0. The number of rotatable bonds is 7. The summed E-state index contributed by atoms with van der Waals surface area (Å²) < 4.78 is 10.3. The Hall–Kier alpha value is -1.13. The minimum Gasteiger partial charge on any atom is -0.490 e. The van der Waals surface area contributed by atoms with Gasteiger partial charge in [0.2, 0.25) is 0 Å². The highest BCUT2D eigenvalue weighted by molar-refractivity contribution is 5.20. The van der Waals surface area contributed by atoms with E-state index in [0.29, 0.717) is 13.2 Å². The summed E-state index contributed by atoms with van der Waals surface area (Å²) in [6.45, 7) is 3.21. The Morgan fingerprint density at radius 2 is 2.19 bits per heavy atom. The highest BCUT2D eigenvalue weighted by Gasteiger charge is 2.02. The van der Waals surface area contributed by atoms with Gasteiger partial charge in [-0.3, -0.25) is 4.98 Å². The van der Waals surface area contributed by atoms with Gasteiger partial charge in [0.1, 0.15) is 12.4 Å². The first kappa shape index (κ1) is 12.9. The largest absolute Gasteiger partial charge is 0.490 e. The van der Waals surface area contributed by atoms with E-state index in [1.807, 2.05) is 12.1 Å². The molecular formula is C12H20N2O2. The van der Waals surface area contributed by atoms with Crippen LogP contribution in [-0.4, -0.2) is 31.3 Å². The molecule has 1 rings (SSSR count). The van der Waals surface area contributed by atoms with E-state index in [9.17, 15) is 0 Å². The molecule has 2 N–H and O–H groups in total. The number of hydrogen-bond acceptors (Lipinski definition) is 4. The zero-order valence-electron chi connectivity index (χ0n) is 9.98. The number of aromatic nitrogens is 1. The second-order valence-corrected chi connectivity index (χ2v) is 3.70. The van der Waals surface area contributed by atoms with E-state index in [0.717, 1.165) is 24.3 Å². The number of hydrogen-bond donors (Lipinski definition) is 1. The third kappa shape index (κ3) is 4.59. The maximum absolute atomic E-state index is 5.85. The van der Waals surface area contributed by atoms with Gasteiger partial charge in [-0.1, -0.05) is 6.92 Å². The van der Waals surface area contributed by atoms with Gasteiger partial charge in [0.25, 0.3) is 0 Å². The average molecular weight is 224 g/mol. The maximum Gasteiger partial charge on any atom is 0.137 e. The van der Waals surface area contributed by atoms with Crippen molar-refractivity contribution in [2.45, 2.75) is 25.8 Å². The van der Waals surface area contributed by atoms with Gasteiger partial charge < -0.3 is 15.2 Å². The lowest BCUT2D eigenvalue weighted by molar-refractivity contribution is 0.146. The van der Waals surface area contributed by atoms with Crippen LogP contribution in [0.15, 0.2) is 18.3 Å². The molecule has 1 unspecified atom stereocenters. The van der Waals surface area contributed by atoms with Crippen molar-refractivity contribution in [3.8, 4) is 5.75 Å². The predicted molar refractivity (Wildman–Crippen MR) is 63.6 cm³/mol. The Labute approximate surface area is 96.8 Å². The summed E-state index contributed by atoms with van der Waals surface area (Å²) in [5.74, 6) is 0.769. The molecule has 90 valence electrons. The van der Waals surface area contributed by atoms with Crippen LogP contribution in [0, 0.1) is 0 Å². The van der Waals surface area contributed by atoms with Crippen molar-refractivity contribution in [2.24, 2.45) is 5.73 Å². The van der Waals surface area contributed by atoms with Crippen molar-refractivity contribution in [1.29, 1.82) is 0 Å². The molecule has 0 bridgehead atoms. The van der Waals surface area contributed by atoms with Crippen LogP contribution < -0.4 is 10.5 Å². The highest BCUT2D eigenvalue weighted by atomic mass is 16.5. The van der Waals surface area contributed by atoms with E-state index in [1.165, 1.54) is 0 Å². The number of nitrogens with zero attached hydrogens (tertiary/aromatic N) is 1. The molecule has 0 saturated heterocycles. The summed E-state index contributed by atoms with van der Waals surface area (Å²) in [7, 11) is 1.65. The Morgan fingerprint density at radius 1 is 1.38 bits per heavy atom. The second kappa shape index (κ2) is 7.19. The minimum absolute atomic E-state index is 0.188. The maximum atomic E-state index is 5.85. The predicted octanol–water partition coefficient (Wildman–Crippen LogP) is 1.39. The van der Waals surface area contributed by atoms with E-state index in [2.05, 4.69) is 11.9 Å². The van der Waals surface area contributed by atoms with Crippen LogP contribution in [0.4, 0.5) is 0 Å².